The summed E-state index contributed by atoms with van der Waals surface area (Å²) in [6, 6.07) is 18.5. The molecule has 38 heavy (non-hydrogen) atoms. The summed E-state index contributed by atoms with van der Waals surface area (Å²) in [6.45, 7) is 3.19. The number of aromatic nitrogens is 1. The number of amides is 2. The maximum Gasteiger partial charge on any atom is 0.253 e. The fraction of sp³-hybridized carbons (Fsp3) is 0.387. The van der Waals surface area contributed by atoms with Crippen LogP contribution in [0.4, 0.5) is 5.82 Å². The molecule has 2 saturated heterocycles. The van der Waals surface area contributed by atoms with Crippen molar-refractivity contribution in [2.24, 2.45) is 0 Å². The van der Waals surface area contributed by atoms with Gasteiger partial charge in [0.1, 0.15) is 11.6 Å². The average molecular weight is 511 g/mol. The Bertz CT molecular complexity index is 1310. The second-order valence-electron chi connectivity index (χ2n) is 10.7. The average Bonchev–Trinajstić information content (AvgIpc) is 3.22. The van der Waals surface area contributed by atoms with Gasteiger partial charge >= 0.3 is 0 Å². The number of piperidine rings is 1. The molecule has 7 nitrogen and oxygen atoms in total. The number of hydrogen-bond donors (Lipinski definition) is 2. The predicted octanol–water partition coefficient (Wildman–Crippen LogP) is 4.57. The maximum atomic E-state index is 13.2. The summed E-state index contributed by atoms with van der Waals surface area (Å²) in [6.07, 6.45) is 7.66. The van der Waals surface area contributed by atoms with Crippen LogP contribution < -0.4 is 20.3 Å². The minimum Gasteiger partial charge on any atom is -0.493 e. The number of nitrogens with zero attached hydrogens (tertiary/aromatic N) is 2. The Balaban J connectivity index is 1.08. The quantitative estimate of drug-likeness (QED) is 0.508. The molecule has 4 heterocycles. The Morgan fingerprint density at radius 1 is 1.00 bits per heavy atom. The third kappa shape index (κ3) is 4.85. The van der Waals surface area contributed by atoms with Gasteiger partial charge in [0, 0.05) is 42.0 Å². The van der Waals surface area contributed by atoms with Crippen molar-refractivity contribution < 1.29 is 14.3 Å². The molecule has 6 rings (SSSR count). The lowest BCUT2D eigenvalue weighted by molar-refractivity contribution is 0.0923. The fourth-order valence-corrected chi connectivity index (χ4v) is 6.31. The number of fused-ring (bicyclic) bond motifs is 3. The summed E-state index contributed by atoms with van der Waals surface area (Å²) in [5.74, 6) is 1.66. The number of ether oxygens (including phenoxy) is 1. The van der Waals surface area contributed by atoms with Crippen molar-refractivity contribution in [2.75, 3.05) is 11.5 Å². The Hall–Kier alpha value is -3.87. The zero-order chi connectivity index (χ0) is 26.1. The summed E-state index contributed by atoms with van der Waals surface area (Å²) >= 11 is 0. The van der Waals surface area contributed by atoms with Crippen LogP contribution in [0, 0.1) is 6.92 Å². The number of anilines is 1. The maximum absolute atomic E-state index is 13.2. The molecule has 0 aliphatic carbocycles. The Morgan fingerprint density at radius 3 is 2.53 bits per heavy atom. The van der Waals surface area contributed by atoms with Gasteiger partial charge in [0.05, 0.1) is 12.2 Å². The zero-order valence-corrected chi connectivity index (χ0v) is 21.8. The number of pyridine rings is 1. The van der Waals surface area contributed by atoms with Crippen molar-refractivity contribution in [3.05, 3.63) is 88.6 Å². The van der Waals surface area contributed by atoms with E-state index in [4.69, 9.17) is 4.74 Å². The summed E-state index contributed by atoms with van der Waals surface area (Å²) in [5, 5.41) is 6.27. The number of hydrogen-bond acceptors (Lipinski definition) is 5. The van der Waals surface area contributed by atoms with Gasteiger partial charge in [-0.2, -0.15) is 0 Å². The van der Waals surface area contributed by atoms with Gasteiger partial charge in [-0.25, -0.2) is 4.98 Å². The lowest BCUT2D eigenvalue weighted by atomic mass is 9.95. The number of nitrogens with one attached hydrogen (secondary N) is 2. The molecule has 7 heteroatoms. The SMILES string of the molecule is Cc1c(C(=O)NC2CC3CCC(C2)N3c2ccc(C(=O)NCc3ccccc3)cn2)ccc2c1OCCC2. The molecule has 196 valence electrons. The van der Waals surface area contributed by atoms with Crippen LogP contribution in [0.1, 0.15) is 69.5 Å². The molecular formula is C31H34N4O3. The van der Waals surface area contributed by atoms with Gasteiger partial charge in [-0.15, -0.1) is 0 Å². The first-order chi connectivity index (χ1) is 18.6. The van der Waals surface area contributed by atoms with Gasteiger partial charge in [-0.3, -0.25) is 9.59 Å². The Kier molecular flexibility index (Phi) is 6.75. The van der Waals surface area contributed by atoms with Crippen molar-refractivity contribution in [3.63, 3.8) is 0 Å². The van der Waals surface area contributed by atoms with Crippen molar-refractivity contribution in [2.45, 2.75) is 70.1 Å². The van der Waals surface area contributed by atoms with Gasteiger partial charge in [0.25, 0.3) is 11.8 Å². The van der Waals surface area contributed by atoms with Gasteiger partial charge in [0.15, 0.2) is 0 Å². The highest BCUT2D eigenvalue weighted by molar-refractivity contribution is 5.96. The Labute approximate surface area is 223 Å². The van der Waals surface area contributed by atoms with Crippen LogP contribution in [-0.4, -0.2) is 41.5 Å². The van der Waals surface area contributed by atoms with Crippen LogP contribution in [0.3, 0.4) is 0 Å². The highest BCUT2D eigenvalue weighted by Gasteiger charge is 2.42. The summed E-state index contributed by atoms with van der Waals surface area (Å²) < 4.78 is 5.88. The molecule has 2 fully saturated rings. The lowest BCUT2D eigenvalue weighted by Crippen LogP contribution is -2.50. The van der Waals surface area contributed by atoms with Crippen molar-refractivity contribution >= 4 is 17.6 Å². The van der Waals surface area contributed by atoms with Crippen molar-refractivity contribution in [1.82, 2.24) is 15.6 Å². The first-order valence-corrected chi connectivity index (χ1v) is 13.7. The molecule has 0 saturated carbocycles. The van der Waals surface area contributed by atoms with E-state index < -0.39 is 0 Å². The highest BCUT2D eigenvalue weighted by atomic mass is 16.5. The van der Waals surface area contributed by atoms with E-state index in [2.05, 4.69) is 20.5 Å². The second-order valence-corrected chi connectivity index (χ2v) is 10.7. The normalized spacial score (nSPS) is 21.8. The van der Waals surface area contributed by atoms with Gasteiger partial charge in [-0.05, 0) is 74.8 Å². The number of carbonyl (C=O) groups excluding carboxylic acids is 2. The third-order valence-corrected chi connectivity index (χ3v) is 8.21. The first kappa shape index (κ1) is 24.5. The Morgan fingerprint density at radius 2 is 1.79 bits per heavy atom. The molecule has 2 atom stereocenters. The van der Waals surface area contributed by atoms with E-state index >= 15 is 0 Å². The van der Waals surface area contributed by atoms with Crippen LogP contribution in [0.15, 0.2) is 60.8 Å². The summed E-state index contributed by atoms with van der Waals surface area (Å²) in [4.78, 5) is 32.9. The van der Waals surface area contributed by atoms with E-state index in [1.807, 2.05) is 61.5 Å². The molecule has 1 aromatic heterocycles. The van der Waals surface area contributed by atoms with E-state index in [0.29, 0.717) is 36.4 Å². The lowest BCUT2D eigenvalue weighted by Gasteiger charge is -2.40. The second kappa shape index (κ2) is 10.5. The van der Waals surface area contributed by atoms with E-state index in [-0.39, 0.29) is 17.9 Å². The van der Waals surface area contributed by atoms with E-state index in [0.717, 1.165) is 61.2 Å². The molecule has 3 aliphatic heterocycles. The largest absolute Gasteiger partial charge is 0.493 e. The third-order valence-electron chi connectivity index (χ3n) is 8.21. The van der Waals surface area contributed by atoms with E-state index in [1.54, 1.807) is 6.20 Å². The minimum atomic E-state index is -0.125. The molecule has 3 aromatic rings. The van der Waals surface area contributed by atoms with E-state index in [1.165, 1.54) is 5.56 Å². The fourth-order valence-electron chi connectivity index (χ4n) is 6.31. The number of carbonyl (C=O) groups is 2. The van der Waals surface area contributed by atoms with Crippen LogP contribution >= 0.6 is 0 Å². The van der Waals surface area contributed by atoms with Crippen LogP contribution in [0.2, 0.25) is 0 Å². The zero-order valence-electron chi connectivity index (χ0n) is 21.8. The molecular weight excluding hydrogens is 476 g/mol. The molecule has 0 radical (unpaired) electrons. The molecule has 2 unspecified atom stereocenters. The minimum absolute atomic E-state index is 0.0127. The number of benzene rings is 2. The van der Waals surface area contributed by atoms with Gasteiger partial charge < -0.3 is 20.3 Å². The van der Waals surface area contributed by atoms with Gasteiger partial charge in [-0.1, -0.05) is 36.4 Å². The standard InChI is InChI=1S/C31H34N4O3/c1-20-27(13-9-22-8-5-15-38-29(20)22)31(37)34-24-16-25-11-12-26(17-24)35(25)28-14-10-23(19-32-28)30(36)33-18-21-6-3-2-4-7-21/h2-4,6-7,9-10,13-14,19,24-26H,5,8,11-12,15-18H2,1H3,(H,33,36)(H,34,37). The monoisotopic (exact) mass is 510 g/mol. The molecule has 2 bridgehead atoms. The summed E-state index contributed by atoms with van der Waals surface area (Å²) in [5.41, 5.74) is 4.47. The first-order valence-electron chi connectivity index (χ1n) is 13.7. The number of rotatable bonds is 6. The van der Waals surface area contributed by atoms with E-state index in [9.17, 15) is 9.59 Å². The van der Waals surface area contributed by atoms with Crippen LogP contribution in [0.5, 0.6) is 5.75 Å². The molecule has 2 N–H and O–H groups in total. The van der Waals surface area contributed by atoms with Gasteiger partial charge in [0.2, 0.25) is 0 Å². The van der Waals surface area contributed by atoms with Crippen LogP contribution in [0.25, 0.3) is 0 Å². The molecule has 2 aromatic carbocycles. The molecule has 0 spiro atoms. The molecule has 3 aliphatic rings. The topological polar surface area (TPSA) is 83.6 Å². The van der Waals surface area contributed by atoms with Crippen molar-refractivity contribution in [1.29, 1.82) is 0 Å². The van der Waals surface area contributed by atoms with Crippen molar-refractivity contribution in [3.8, 4) is 5.75 Å². The number of aryl methyl sites for hydroxylation is 1. The van der Waals surface area contributed by atoms with Crippen LogP contribution in [-0.2, 0) is 13.0 Å². The summed E-state index contributed by atoms with van der Waals surface area (Å²) in [7, 11) is 0. The predicted molar refractivity (Wildman–Crippen MR) is 147 cm³/mol. The highest BCUT2D eigenvalue weighted by Crippen LogP contribution is 2.39. The molecule has 2 amide bonds. The smallest absolute Gasteiger partial charge is 0.253 e.